The van der Waals surface area contributed by atoms with Crippen molar-refractivity contribution in [2.24, 2.45) is 0 Å². The number of hydrogen-bond donors (Lipinski definition) is 1. The van der Waals surface area contributed by atoms with Gasteiger partial charge in [0.2, 0.25) is 5.28 Å². The Morgan fingerprint density at radius 3 is 2.88 bits per heavy atom. The second-order valence-corrected chi connectivity index (χ2v) is 7.26. The fourth-order valence-electron chi connectivity index (χ4n) is 2.93. The van der Waals surface area contributed by atoms with Crippen LogP contribution in [0.1, 0.15) is 16.9 Å². The maximum atomic E-state index is 11.1. The lowest BCUT2D eigenvalue weighted by Crippen LogP contribution is -1.98. The van der Waals surface area contributed by atoms with Crippen molar-refractivity contribution in [1.82, 2.24) is 9.97 Å². The van der Waals surface area contributed by atoms with Crippen molar-refractivity contribution in [2.45, 2.75) is 19.3 Å². The number of nitrogens with one attached hydrogen (secondary N) is 1. The molecule has 122 valence electrons. The van der Waals surface area contributed by atoms with Crippen LogP contribution >= 0.6 is 34.5 Å². The molecule has 2 aromatic heterocycles. The molecule has 1 aliphatic carbocycles. The number of aryl methyl sites for hydroxylation is 2. The van der Waals surface area contributed by atoms with Crippen LogP contribution in [0.5, 0.6) is 0 Å². The van der Waals surface area contributed by atoms with E-state index in [4.69, 9.17) is 23.2 Å². The number of rotatable bonds is 3. The monoisotopic (exact) mass is 380 g/mol. The van der Waals surface area contributed by atoms with Crippen LogP contribution < -0.4 is 5.32 Å². The lowest BCUT2D eigenvalue weighted by atomic mass is 10.2. The maximum Gasteiger partial charge on any atom is 0.289 e. The molecule has 1 N–H and O–H groups in total. The molecule has 0 saturated carbocycles. The topological polar surface area (TPSA) is 81.0 Å². The highest BCUT2D eigenvalue weighted by Gasteiger charge is 2.22. The maximum absolute atomic E-state index is 11.1. The molecule has 2 heterocycles. The van der Waals surface area contributed by atoms with Crippen LogP contribution in [0.25, 0.3) is 10.2 Å². The molecule has 0 saturated heterocycles. The van der Waals surface area contributed by atoms with Gasteiger partial charge in [0.05, 0.1) is 10.3 Å². The Kier molecular flexibility index (Phi) is 3.79. The average Bonchev–Trinajstić information content (AvgIpc) is 3.08. The van der Waals surface area contributed by atoms with Gasteiger partial charge in [-0.3, -0.25) is 10.1 Å². The van der Waals surface area contributed by atoms with Crippen molar-refractivity contribution >= 4 is 61.9 Å². The van der Waals surface area contributed by atoms with Gasteiger partial charge in [-0.25, -0.2) is 4.98 Å². The summed E-state index contributed by atoms with van der Waals surface area (Å²) in [5, 5.41) is 15.4. The molecule has 9 heteroatoms. The summed E-state index contributed by atoms with van der Waals surface area (Å²) in [5.74, 6) is 0.570. The minimum absolute atomic E-state index is 0.0906. The third kappa shape index (κ3) is 2.58. The van der Waals surface area contributed by atoms with Crippen molar-refractivity contribution in [2.75, 3.05) is 5.32 Å². The third-order valence-electron chi connectivity index (χ3n) is 3.94. The van der Waals surface area contributed by atoms with Crippen molar-refractivity contribution < 1.29 is 4.92 Å². The van der Waals surface area contributed by atoms with Crippen molar-refractivity contribution in [3.63, 3.8) is 0 Å². The molecule has 1 aromatic carbocycles. The number of halogens is 2. The van der Waals surface area contributed by atoms with Crippen molar-refractivity contribution in [3.05, 3.63) is 49.1 Å². The normalized spacial score (nSPS) is 13.2. The zero-order valence-electron chi connectivity index (χ0n) is 12.2. The quantitative estimate of drug-likeness (QED) is 0.386. The molecule has 0 amide bonds. The van der Waals surface area contributed by atoms with Crippen LogP contribution in [0.15, 0.2) is 18.2 Å². The smallest absolute Gasteiger partial charge is 0.289 e. The van der Waals surface area contributed by atoms with Gasteiger partial charge >= 0.3 is 0 Å². The number of fused-ring (bicyclic) bond motifs is 3. The van der Waals surface area contributed by atoms with E-state index in [1.807, 2.05) is 0 Å². The van der Waals surface area contributed by atoms with E-state index in [2.05, 4.69) is 15.3 Å². The highest BCUT2D eigenvalue weighted by atomic mass is 35.5. The van der Waals surface area contributed by atoms with Gasteiger partial charge in [0.25, 0.3) is 5.69 Å². The van der Waals surface area contributed by atoms with Crippen LogP contribution in [0.4, 0.5) is 17.2 Å². The summed E-state index contributed by atoms with van der Waals surface area (Å²) in [6, 6.07) is 4.54. The van der Waals surface area contributed by atoms with Gasteiger partial charge in [0.15, 0.2) is 0 Å². The van der Waals surface area contributed by atoms with Crippen LogP contribution in [-0.4, -0.2) is 14.9 Å². The Morgan fingerprint density at radius 1 is 1.25 bits per heavy atom. The summed E-state index contributed by atoms with van der Waals surface area (Å²) in [6.45, 7) is 0. The third-order valence-corrected chi connectivity index (χ3v) is 5.62. The molecule has 0 atom stereocenters. The summed E-state index contributed by atoms with van der Waals surface area (Å²) in [5.41, 5.74) is 1.62. The molecular weight excluding hydrogens is 371 g/mol. The van der Waals surface area contributed by atoms with E-state index in [0.717, 1.165) is 29.5 Å². The van der Waals surface area contributed by atoms with E-state index in [-0.39, 0.29) is 16.0 Å². The standard InChI is InChI=1S/C15H10Cl2N4O2S/c16-9-5-4-7(6-10(9)21(22)23)18-13-12-8-2-1-3-11(8)24-14(12)20-15(17)19-13/h4-6H,1-3H2,(H,18,19,20). The largest absolute Gasteiger partial charge is 0.339 e. The molecule has 0 unspecified atom stereocenters. The fourth-order valence-corrected chi connectivity index (χ4v) is 4.59. The SMILES string of the molecule is O=[N+]([O-])c1cc(Nc2nc(Cl)nc3sc4c(c23)CCC4)ccc1Cl. The molecule has 24 heavy (non-hydrogen) atoms. The highest BCUT2D eigenvalue weighted by Crippen LogP contribution is 2.41. The zero-order chi connectivity index (χ0) is 16.8. The molecule has 1 aliphatic rings. The number of nitro benzene ring substituents is 1. The van der Waals surface area contributed by atoms with Gasteiger partial charge < -0.3 is 5.32 Å². The van der Waals surface area contributed by atoms with Gasteiger partial charge in [-0.15, -0.1) is 11.3 Å². The van der Waals surface area contributed by atoms with E-state index in [9.17, 15) is 10.1 Å². The van der Waals surface area contributed by atoms with Crippen molar-refractivity contribution in [1.29, 1.82) is 0 Å². The minimum Gasteiger partial charge on any atom is -0.339 e. The number of thiophene rings is 1. The van der Waals surface area contributed by atoms with E-state index in [1.165, 1.54) is 22.6 Å². The van der Waals surface area contributed by atoms with Gasteiger partial charge in [-0.1, -0.05) is 11.6 Å². The molecule has 0 bridgehead atoms. The summed E-state index contributed by atoms with van der Waals surface area (Å²) in [6.07, 6.45) is 3.14. The lowest BCUT2D eigenvalue weighted by molar-refractivity contribution is -0.384. The van der Waals surface area contributed by atoms with E-state index in [0.29, 0.717) is 11.5 Å². The van der Waals surface area contributed by atoms with Crippen LogP contribution in [0, 0.1) is 10.1 Å². The molecule has 0 radical (unpaired) electrons. The molecule has 3 aromatic rings. The summed E-state index contributed by atoms with van der Waals surface area (Å²) >= 11 is 13.5. The molecule has 0 fully saturated rings. The van der Waals surface area contributed by atoms with E-state index >= 15 is 0 Å². The molecule has 4 rings (SSSR count). The average molecular weight is 381 g/mol. The van der Waals surface area contributed by atoms with Gasteiger partial charge in [-0.05, 0) is 48.6 Å². The highest BCUT2D eigenvalue weighted by molar-refractivity contribution is 7.19. The Balaban J connectivity index is 1.83. The number of nitrogens with zero attached hydrogens (tertiary/aromatic N) is 3. The predicted molar refractivity (Wildman–Crippen MR) is 95.8 cm³/mol. The first-order valence-corrected chi connectivity index (χ1v) is 8.79. The first-order chi connectivity index (χ1) is 11.5. The zero-order valence-corrected chi connectivity index (χ0v) is 14.5. The first-order valence-electron chi connectivity index (χ1n) is 7.21. The Hall–Kier alpha value is -1.96. The molecule has 0 spiro atoms. The number of benzene rings is 1. The number of hydrogen-bond acceptors (Lipinski definition) is 6. The predicted octanol–water partition coefficient (Wildman–Crippen LogP) is 5.14. The summed E-state index contributed by atoms with van der Waals surface area (Å²) in [7, 11) is 0. The van der Waals surface area contributed by atoms with Gasteiger partial charge in [-0.2, -0.15) is 4.98 Å². The van der Waals surface area contributed by atoms with Gasteiger partial charge in [0, 0.05) is 16.6 Å². The van der Waals surface area contributed by atoms with Crippen LogP contribution in [-0.2, 0) is 12.8 Å². The van der Waals surface area contributed by atoms with Gasteiger partial charge in [0.1, 0.15) is 15.7 Å². The minimum atomic E-state index is -0.516. The number of nitro groups is 1. The summed E-state index contributed by atoms with van der Waals surface area (Å²) < 4.78 is 0. The number of anilines is 2. The summed E-state index contributed by atoms with van der Waals surface area (Å²) in [4.78, 5) is 21.3. The van der Waals surface area contributed by atoms with Crippen molar-refractivity contribution in [3.8, 4) is 0 Å². The van der Waals surface area contributed by atoms with Crippen LogP contribution in [0.2, 0.25) is 10.3 Å². The lowest BCUT2D eigenvalue weighted by Gasteiger charge is -2.09. The second-order valence-electron chi connectivity index (χ2n) is 5.43. The Morgan fingerprint density at radius 2 is 2.08 bits per heavy atom. The Bertz CT molecular complexity index is 989. The first kappa shape index (κ1) is 15.6. The molecule has 6 nitrogen and oxygen atoms in total. The van der Waals surface area contributed by atoms with E-state index in [1.54, 1.807) is 17.4 Å². The second kappa shape index (κ2) is 5.84. The molecule has 0 aliphatic heterocycles. The van der Waals surface area contributed by atoms with Crippen LogP contribution in [0.3, 0.4) is 0 Å². The van der Waals surface area contributed by atoms with E-state index < -0.39 is 4.92 Å². The Labute approximate surface area is 150 Å². The number of aromatic nitrogens is 2. The fraction of sp³-hybridized carbons (Fsp3) is 0.200. The molecular formula is C15H10Cl2N4O2S.